The first kappa shape index (κ1) is 20.5. The number of nitrogens with zero attached hydrogens (tertiary/aromatic N) is 3. The summed E-state index contributed by atoms with van der Waals surface area (Å²) in [7, 11) is 1.44. The van der Waals surface area contributed by atoms with E-state index in [4.69, 9.17) is 4.74 Å². The highest BCUT2D eigenvalue weighted by Gasteiger charge is 2.19. The van der Waals surface area contributed by atoms with Gasteiger partial charge in [-0.05, 0) is 49.1 Å². The number of piperazine rings is 1. The molecule has 1 aromatic heterocycles. The van der Waals surface area contributed by atoms with E-state index in [0.717, 1.165) is 44.7 Å². The van der Waals surface area contributed by atoms with Crippen LogP contribution in [0.25, 0.3) is 10.9 Å². The predicted molar refractivity (Wildman–Crippen MR) is 122 cm³/mol. The smallest absolute Gasteiger partial charge is 0.325 e. The Labute approximate surface area is 178 Å². The van der Waals surface area contributed by atoms with Crippen molar-refractivity contribution in [2.24, 2.45) is 0 Å². The molecule has 0 radical (unpaired) electrons. The highest BCUT2D eigenvalue weighted by molar-refractivity contribution is 5.85. The quantitative estimate of drug-likeness (QED) is 0.585. The number of rotatable bonds is 6. The van der Waals surface area contributed by atoms with Crippen LogP contribution in [0.1, 0.15) is 16.7 Å². The minimum Gasteiger partial charge on any atom is -0.468 e. The van der Waals surface area contributed by atoms with E-state index in [-0.39, 0.29) is 12.5 Å². The van der Waals surface area contributed by atoms with Crippen molar-refractivity contribution >= 4 is 22.6 Å². The lowest BCUT2D eigenvalue weighted by Gasteiger charge is -2.37. The van der Waals surface area contributed by atoms with Crippen LogP contribution in [0.15, 0.2) is 48.7 Å². The molecule has 1 aliphatic rings. The van der Waals surface area contributed by atoms with E-state index < -0.39 is 0 Å². The van der Waals surface area contributed by atoms with Crippen LogP contribution in [0.4, 0.5) is 5.69 Å². The Hall–Kier alpha value is -2.79. The van der Waals surface area contributed by atoms with E-state index in [0.29, 0.717) is 0 Å². The van der Waals surface area contributed by atoms with Gasteiger partial charge in [0.25, 0.3) is 0 Å². The molecule has 1 fully saturated rings. The molecule has 30 heavy (non-hydrogen) atoms. The fourth-order valence-corrected chi connectivity index (χ4v) is 4.43. The largest absolute Gasteiger partial charge is 0.468 e. The molecular weight excluding hydrogens is 374 g/mol. The maximum Gasteiger partial charge on any atom is 0.325 e. The molecule has 0 amide bonds. The topological polar surface area (TPSA) is 37.7 Å². The summed E-state index contributed by atoms with van der Waals surface area (Å²) < 4.78 is 6.87. The predicted octanol–water partition coefficient (Wildman–Crippen LogP) is 3.80. The van der Waals surface area contributed by atoms with E-state index in [1.165, 1.54) is 34.9 Å². The van der Waals surface area contributed by atoms with Crippen molar-refractivity contribution in [2.45, 2.75) is 26.8 Å². The second-order valence-electron chi connectivity index (χ2n) is 8.17. The molecule has 0 spiro atoms. The summed E-state index contributed by atoms with van der Waals surface area (Å²) in [5.74, 6) is -0.218. The number of anilines is 1. The van der Waals surface area contributed by atoms with Gasteiger partial charge in [-0.25, -0.2) is 0 Å². The zero-order valence-electron chi connectivity index (χ0n) is 18.2. The van der Waals surface area contributed by atoms with Gasteiger partial charge >= 0.3 is 5.97 Å². The number of aryl methyl sites for hydroxylation is 1. The molecule has 0 aliphatic carbocycles. The van der Waals surface area contributed by atoms with Gasteiger partial charge in [-0.15, -0.1) is 0 Å². The third-order valence-electron chi connectivity index (χ3n) is 6.38. The lowest BCUT2D eigenvalue weighted by atomic mass is 10.1. The van der Waals surface area contributed by atoms with Gasteiger partial charge in [-0.1, -0.05) is 30.3 Å². The number of carbonyl (C=O) groups is 1. The van der Waals surface area contributed by atoms with Crippen molar-refractivity contribution in [3.8, 4) is 0 Å². The van der Waals surface area contributed by atoms with Gasteiger partial charge in [-0.2, -0.15) is 0 Å². The van der Waals surface area contributed by atoms with Crippen LogP contribution in [0.2, 0.25) is 0 Å². The maximum atomic E-state index is 11.8. The van der Waals surface area contributed by atoms with Crippen LogP contribution in [-0.4, -0.2) is 55.3 Å². The molecule has 3 aromatic rings. The summed E-state index contributed by atoms with van der Waals surface area (Å²) >= 11 is 0. The molecule has 0 atom stereocenters. The molecule has 5 nitrogen and oxygen atoms in total. The molecule has 0 unspecified atom stereocenters. The molecule has 0 N–H and O–H groups in total. The van der Waals surface area contributed by atoms with Crippen molar-refractivity contribution in [1.29, 1.82) is 0 Å². The molecule has 0 bridgehead atoms. The molecular formula is C25H31N3O2. The molecule has 1 aliphatic heterocycles. The normalized spacial score (nSPS) is 15.0. The van der Waals surface area contributed by atoms with E-state index in [9.17, 15) is 4.79 Å². The average molecular weight is 406 g/mol. The second-order valence-corrected chi connectivity index (χ2v) is 8.17. The first-order valence-corrected chi connectivity index (χ1v) is 10.7. The summed E-state index contributed by atoms with van der Waals surface area (Å²) in [5.41, 5.74) is 6.52. The fraction of sp³-hybridized carbons (Fsp3) is 0.400. The second kappa shape index (κ2) is 8.92. The van der Waals surface area contributed by atoms with E-state index in [2.05, 4.69) is 66.2 Å². The molecule has 4 rings (SSSR count). The Morgan fingerprint density at radius 2 is 1.77 bits per heavy atom. The van der Waals surface area contributed by atoms with Crippen LogP contribution in [0.5, 0.6) is 0 Å². The number of carbonyl (C=O) groups excluding carboxylic acids is 1. The molecule has 2 heterocycles. The Morgan fingerprint density at radius 3 is 2.53 bits per heavy atom. The highest BCUT2D eigenvalue weighted by Crippen LogP contribution is 2.25. The maximum absolute atomic E-state index is 11.8. The summed E-state index contributed by atoms with van der Waals surface area (Å²) in [6.07, 6.45) is 3.10. The Balaban J connectivity index is 1.39. The minimum atomic E-state index is -0.218. The van der Waals surface area contributed by atoms with Crippen molar-refractivity contribution < 1.29 is 9.53 Å². The van der Waals surface area contributed by atoms with Crippen molar-refractivity contribution in [3.63, 3.8) is 0 Å². The Morgan fingerprint density at radius 1 is 1.00 bits per heavy atom. The number of aromatic nitrogens is 1. The molecule has 158 valence electrons. The highest BCUT2D eigenvalue weighted by atomic mass is 16.5. The van der Waals surface area contributed by atoms with Gasteiger partial charge in [0.1, 0.15) is 6.54 Å². The van der Waals surface area contributed by atoms with Gasteiger partial charge in [0.2, 0.25) is 0 Å². The first-order chi connectivity index (χ1) is 14.6. The van der Waals surface area contributed by atoms with Crippen molar-refractivity contribution in [1.82, 2.24) is 9.47 Å². The van der Waals surface area contributed by atoms with Gasteiger partial charge in [0.05, 0.1) is 7.11 Å². The zero-order chi connectivity index (χ0) is 21.1. The number of ether oxygens (including phenoxy) is 1. The van der Waals surface area contributed by atoms with E-state index in [1.54, 1.807) is 0 Å². The van der Waals surface area contributed by atoms with Crippen LogP contribution in [-0.2, 0) is 22.5 Å². The van der Waals surface area contributed by atoms with Crippen molar-refractivity contribution in [2.75, 3.05) is 44.7 Å². The van der Waals surface area contributed by atoms with Gasteiger partial charge in [0.15, 0.2) is 0 Å². The van der Waals surface area contributed by atoms with Gasteiger partial charge in [-0.3, -0.25) is 9.69 Å². The summed E-state index contributed by atoms with van der Waals surface area (Å²) in [4.78, 5) is 16.8. The lowest BCUT2D eigenvalue weighted by molar-refractivity contribution is -0.141. The third-order valence-corrected chi connectivity index (χ3v) is 6.38. The average Bonchev–Trinajstić information content (AvgIpc) is 3.12. The number of fused-ring (bicyclic) bond motifs is 1. The molecule has 2 aromatic carbocycles. The summed E-state index contributed by atoms with van der Waals surface area (Å²) in [6.45, 7) is 9.98. The SMILES string of the molecule is COC(=O)Cn1cc(CCN2CCN(c3cccc(C)c3C)CC2)c2ccccc21. The van der Waals surface area contributed by atoms with Crippen molar-refractivity contribution in [3.05, 3.63) is 65.4 Å². The monoisotopic (exact) mass is 405 g/mol. The molecule has 0 saturated carbocycles. The number of hydrogen-bond acceptors (Lipinski definition) is 4. The van der Waals surface area contributed by atoms with Crippen LogP contribution >= 0.6 is 0 Å². The van der Waals surface area contributed by atoms with E-state index in [1.807, 2.05) is 10.6 Å². The first-order valence-electron chi connectivity index (χ1n) is 10.7. The van der Waals surface area contributed by atoms with Gasteiger partial charge in [0, 0.05) is 55.5 Å². The number of benzene rings is 2. The number of esters is 1. The number of para-hydroxylation sites is 1. The van der Waals surface area contributed by atoms with Gasteiger partial charge < -0.3 is 14.2 Å². The Bertz CT molecular complexity index is 1030. The minimum absolute atomic E-state index is 0.218. The molecule has 1 saturated heterocycles. The Kier molecular flexibility index (Phi) is 6.09. The van der Waals surface area contributed by atoms with Crippen LogP contribution < -0.4 is 4.90 Å². The summed E-state index contributed by atoms with van der Waals surface area (Å²) in [5, 5.41) is 1.23. The van der Waals surface area contributed by atoms with E-state index >= 15 is 0 Å². The fourth-order valence-electron chi connectivity index (χ4n) is 4.43. The third kappa shape index (κ3) is 4.21. The number of hydrogen-bond donors (Lipinski definition) is 0. The van der Waals surface area contributed by atoms with Crippen LogP contribution in [0, 0.1) is 13.8 Å². The lowest BCUT2D eigenvalue weighted by Crippen LogP contribution is -2.47. The zero-order valence-corrected chi connectivity index (χ0v) is 18.2. The van der Waals surface area contributed by atoms with Crippen LogP contribution in [0.3, 0.4) is 0 Å². The standard InChI is InChI=1S/C25H31N3O2/c1-19-7-6-10-23(20(19)2)27-15-13-26(14-16-27)12-11-21-17-28(18-25(29)30-3)24-9-5-4-8-22(21)24/h4-10,17H,11-16,18H2,1-3H3. The summed E-state index contributed by atoms with van der Waals surface area (Å²) in [6, 6.07) is 14.9. The number of methoxy groups -OCH3 is 1. The molecule has 5 heteroatoms.